The molecule has 0 saturated heterocycles. The molecular formula is C14H14N3NaO4S2. The van der Waals surface area contributed by atoms with Gasteiger partial charge in [-0.3, -0.25) is 14.4 Å². The first-order valence-corrected chi connectivity index (χ1v) is 8.83. The fraction of sp³-hybridized carbons (Fsp3) is 0.143. The molecule has 0 bridgehead atoms. The zero-order valence-electron chi connectivity index (χ0n) is 14.3. The molecule has 2 aromatic rings. The number of rotatable bonds is 2. The molecule has 1 aliphatic heterocycles. The zero-order chi connectivity index (χ0) is 16.8. The van der Waals surface area contributed by atoms with Crippen molar-refractivity contribution >= 4 is 38.2 Å². The first-order valence-electron chi connectivity index (χ1n) is 6.57. The van der Waals surface area contributed by atoms with E-state index in [0.29, 0.717) is 5.13 Å². The number of hydrogen-bond acceptors (Lipinski definition) is 6. The summed E-state index contributed by atoms with van der Waals surface area (Å²) >= 11 is 1.25. The van der Waals surface area contributed by atoms with Crippen molar-refractivity contribution in [2.45, 2.75) is 11.8 Å². The molecule has 10 heteroatoms. The van der Waals surface area contributed by atoms with E-state index in [1.54, 1.807) is 18.3 Å². The first kappa shape index (κ1) is 18.9. The molecule has 1 aromatic carbocycles. The van der Waals surface area contributed by atoms with Crippen LogP contribution in [-0.4, -0.2) is 35.8 Å². The summed E-state index contributed by atoms with van der Waals surface area (Å²) in [4.78, 5) is 17.3. The van der Waals surface area contributed by atoms with Crippen LogP contribution >= 0.6 is 11.3 Å². The van der Waals surface area contributed by atoms with Gasteiger partial charge in [-0.1, -0.05) is 12.1 Å². The molecule has 1 amide bonds. The Hall–Kier alpha value is -1.39. The number of sulfonamides is 1. The van der Waals surface area contributed by atoms with E-state index in [0.717, 1.165) is 9.18 Å². The molecule has 24 heavy (non-hydrogen) atoms. The summed E-state index contributed by atoms with van der Waals surface area (Å²) in [6, 6.07) is 5.99. The maximum absolute atomic E-state index is 12.5. The molecule has 0 aliphatic carbocycles. The average molecular weight is 375 g/mol. The van der Waals surface area contributed by atoms with Gasteiger partial charge in [0.15, 0.2) is 16.6 Å². The van der Waals surface area contributed by atoms with Crippen molar-refractivity contribution in [2.75, 3.05) is 12.4 Å². The second kappa shape index (κ2) is 6.85. The van der Waals surface area contributed by atoms with E-state index < -0.39 is 15.9 Å². The second-order valence-electron chi connectivity index (χ2n) is 4.90. The third-order valence-electron chi connectivity index (χ3n) is 3.38. The number of aromatic nitrogens is 1. The Kier molecular flexibility index (Phi) is 5.41. The van der Waals surface area contributed by atoms with E-state index in [1.165, 1.54) is 30.5 Å². The summed E-state index contributed by atoms with van der Waals surface area (Å²) in [5, 5.41) is 13.2. The molecule has 0 spiro atoms. The van der Waals surface area contributed by atoms with Crippen molar-refractivity contribution in [1.82, 2.24) is 9.29 Å². The molecule has 2 N–H and O–H groups in total. The number of amides is 1. The van der Waals surface area contributed by atoms with E-state index in [-0.39, 0.29) is 52.9 Å². The van der Waals surface area contributed by atoms with Crippen molar-refractivity contribution in [3.05, 3.63) is 46.6 Å². The Balaban J connectivity index is 0.00000156. The van der Waals surface area contributed by atoms with E-state index in [1.807, 2.05) is 6.92 Å². The summed E-state index contributed by atoms with van der Waals surface area (Å²) in [7, 11) is -2.67. The van der Waals surface area contributed by atoms with Gasteiger partial charge in [0.2, 0.25) is 0 Å². The summed E-state index contributed by atoms with van der Waals surface area (Å²) in [5.41, 5.74) is -0.234. The number of carbonyl (C=O) groups is 1. The molecule has 0 fully saturated rings. The van der Waals surface area contributed by atoms with Crippen molar-refractivity contribution in [2.24, 2.45) is 0 Å². The van der Waals surface area contributed by atoms with Crippen LogP contribution in [0.15, 0.2) is 41.1 Å². The number of hydrogen-bond donors (Lipinski definition) is 2. The normalized spacial score (nSPS) is 15.5. The van der Waals surface area contributed by atoms with Crippen LogP contribution in [-0.2, 0) is 14.8 Å². The summed E-state index contributed by atoms with van der Waals surface area (Å²) in [5.74, 6) is -1.12. The Morgan fingerprint density at radius 2 is 2.04 bits per heavy atom. The van der Waals surface area contributed by atoms with Crippen LogP contribution in [0, 0.1) is 6.92 Å². The van der Waals surface area contributed by atoms with Gasteiger partial charge in [-0.15, -0.1) is 11.3 Å². The number of aliphatic hydroxyl groups excluding tert-OH is 1. The van der Waals surface area contributed by atoms with Gasteiger partial charge >= 0.3 is 29.6 Å². The zero-order valence-corrected chi connectivity index (χ0v) is 16.9. The molecule has 0 unspecified atom stereocenters. The number of thiazole rings is 1. The summed E-state index contributed by atoms with van der Waals surface area (Å²) in [6.07, 6.45) is 1.59. The molecule has 3 rings (SSSR count). The van der Waals surface area contributed by atoms with E-state index in [4.69, 9.17) is 0 Å². The largest absolute Gasteiger partial charge is 1.00 e. The van der Waals surface area contributed by atoms with Gasteiger partial charge in [-0.25, -0.2) is 13.4 Å². The first-order chi connectivity index (χ1) is 10.8. The van der Waals surface area contributed by atoms with E-state index >= 15 is 0 Å². The number of anilines is 1. The third kappa shape index (κ3) is 3.09. The van der Waals surface area contributed by atoms with Gasteiger partial charge < -0.3 is 6.53 Å². The minimum Gasteiger partial charge on any atom is -1.00 e. The standard InChI is InChI=1S/C14H13N3O4S2.Na.H/c1-8-7-15-14(22-8)16-13(19)11-12(18)9-5-3-4-6-10(9)23(20,21)17(11)2;;/h3-7,18H,1-2H3,(H,15,16,19);;/q;+1;-1. The number of aliphatic hydroxyl groups is 1. The van der Waals surface area contributed by atoms with Crippen LogP contribution in [0.5, 0.6) is 0 Å². The van der Waals surface area contributed by atoms with Crippen LogP contribution in [0.2, 0.25) is 0 Å². The van der Waals surface area contributed by atoms with Crippen molar-refractivity contribution in [3.8, 4) is 0 Å². The predicted octanol–water partition coefficient (Wildman–Crippen LogP) is -0.933. The van der Waals surface area contributed by atoms with Crippen molar-refractivity contribution in [3.63, 3.8) is 0 Å². The molecule has 0 radical (unpaired) electrons. The predicted molar refractivity (Wildman–Crippen MR) is 87.5 cm³/mol. The second-order valence-corrected chi connectivity index (χ2v) is 8.07. The van der Waals surface area contributed by atoms with Gasteiger partial charge in [-0.05, 0) is 19.1 Å². The van der Waals surface area contributed by atoms with E-state index in [2.05, 4.69) is 10.3 Å². The van der Waals surface area contributed by atoms with Gasteiger partial charge in [-0.2, -0.15) is 0 Å². The van der Waals surface area contributed by atoms with Crippen LogP contribution in [0.3, 0.4) is 0 Å². The molecule has 0 atom stereocenters. The minimum absolute atomic E-state index is 0. The number of carbonyl (C=O) groups excluding carboxylic acids is 1. The third-order valence-corrected chi connectivity index (χ3v) is 6.02. The maximum Gasteiger partial charge on any atom is 1.00 e. The van der Waals surface area contributed by atoms with Crippen LogP contribution in [0.4, 0.5) is 5.13 Å². The Morgan fingerprint density at radius 3 is 2.67 bits per heavy atom. The van der Waals surface area contributed by atoms with Crippen molar-refractivity contribution in [1.29, 1.82) is 0 Å². The summed E-state index contributed by atoms with van der Waals surface area (Å²) in [6.45, 7) is 1.83. The number of nitrogens with zero attached hydrogens (tertiary/aromatic N) is 2. The maximum atomic E-state index is 12.5. The number of benzene rings is 1. The SMILES string of the molecule is Cc1cnc(NC(=O)C2=C(O)c3ccccc3S(=O)(=O)N2C)s1.[H-].[Na+]. The van der Waals surface area contributed by atoms with Gasteiger partial charge in [0.05, 0.1) is 4.90 Å². The van der Waals surface area contributed by atoms with Crippen LogP contribution in [0.1, 0.15) is 11.9 Å². The Morgan fingerprint density at radius 1 is 1.38 bits per heavy atom. The molecular weight excluding hydrogens is 361 g/mol. The molecule has 1 aliphatic rings. The average Bonchev–Trinajstić information content (AvgIpc) is 2.91. The van der Waals surface area contributed by atoms with Crippen molar-refractivity contribution < 1.29 is 49.3 Å². The number of nitrogens with one attached hydrogen (secondary N) is 1. The van der Waals surface area contributed by atoms with Crippen LogP contribution in [0.25, 0.3) is 5.76 Å². The molecule has 0 saturated carbocycles. The molecule has 1 aromatic heterocycles. The molecule has 122 valence electrons. The van der Waals surface area contributed by atoms with Gasteiger partial charge in [0, 0.05) is 23.7 Å². The minimum atomic E-state index is -3.90. The Labute approximate surface area is 166 Å². The monoisotopic (exact) mass is 375 g/mol. The number of fused-ring (bicyclic) bond motifs is 1. The Bertz CT molecular complexity index is 943. The van der Waals surface area contributed by atoms with E-state index in [9.17, 15) is 18.3 Å². The van der Waals surface area contributed by atoms with Crippen LogP contribution < -0.4 is 34.9 Å². The topological polar surface area (TPSA) is 99.6 Å². The quantitative estimate of drug-likeness (QED) is 0.661. The smallest absolute Gasteiger partial charge is 1.00 e. The summed E-state index contributed by atoms with van der Waals surface area (Å²) < 4.78 is 25.8. The molecule has 2 heterocycles. The molecule has 7 nitrogen and oxygen atoms in total. The fourth-order valence-electron chi connectivity index (χ4n) is 2.25. The fourth-order valence-corrected chi connectivity index (χ4v) is 4.31. The van der Waals surface area contributed by atoms with Gasteiger partial charge in [0.25, 0.3) is 15.9 Å². The number of aryl methyl sites for hydroxylation is 1. The van der Waals surface area contributed by atoms with Gasteiger partial charge in [0.1, 0.15) is 0 Å². The number of likely N-dealkylation sites (N-methyl/N-ethyl adjacent to an activating group) is 1.